The number of carbonyl (C=O) groups excluding carboxylic acids is 1. The molecular weight excluding hydrogens is 412 g/mol. The molecule has 0 saturated heterocycles. The smallest absolute Gasteiger partial charge is 0.251 e. The van der Waals surface area contributed by atoms with Crippen LogP contribution >= 0.6 is 0 Å². The number of hydrogen-bond donors (Lipinski definition) is 2. The molecule has 3 aromatic rings. The van der Waals surface area contributed by atoms with E-state index < -0.39 is 10.0 Å². The highest BCUT2D eigenvalue weighted by Crippen LogP contribution is 2.16. The minimum Gasteiger partial charge on any atom is -0.489 e. The van der Waals surface area contributed by atoms with Gasteiger partial charge in [-0.15, -0.1) is 0 Å². The minimum atomic E-state index is -3.63. The fourth-order valence-electron chi connectivity index (χ4n) is 2.98. The van der Waals surface area contributed by atoms with Crippen LogP contribution in [0.3, 0.4) is 0 Å². The SMILES string of the molecule is Cc1ccc(C)c(S(=O)(=O)NCCNC(=O)c2ccc(OCc3ccccc3)cc2)c1. The molecule has 0 radical (unpaired) electrons. The van der Waals surface area contributed by atoms with Gasteiger partial charge in [-0.25, -0.2) is 13.1 Å². The molecule has 0 bridgehead atoms. The van der Waals surface area contributed by atoms with Crippen molar-refractivity contribution in [2.45, 2.75) is 25.3 Å². The average molecular weight is 439 g/mol. The van der Waals surface area contributed by atoms with Crippen LogP contribution in [0, 0.1) is 13.8 Å². The van der Waals surface area contributed by atoms with Crippen molar-refractivity contribution in [1.29, 1.82) is 0 Å². The van der Waals surface area contributed by atoms with E-state index in [1.165, 1.54) is 0 Å². The van der Waals surface area contributed by atoms with Crippen LogP contribution < -0.4 is 14.8 Å². The second-order valence-corrected chi connectivity index (χ2v) is 8.96. The summed E-state index contributed by atoms with van der Waals surface area (Å²) in [7, 11) is -3.63. The Bertz CT molecular complexity index is 1130. The maximum absolute atomic E-state index is 12.5. The Morgan fingerprint density at radius 2 is 1.61 bits per heavy atom. The first-order chi connectivity index (χ1) is 14.8. The van der Waals surface area contributed by atoms with Gasteiger partial charge in [0.2, 0.25) is 10.0 Å². The topological polar surface area (TPSA) is 84.5 Å². The molecule has 6 nitrogen and oxygen atoms in total. The highest BCUT2D eigenvalue weighted by Gasteiger charge is 2.16. The van der Waals surface area contributed by atoms with Gasteiger partial charge in [-0.2, -0.15) is 0 Å². The lowest BCUT2D eigenvalue weighted by molar-refractivity contribution is 0.0954. The Labute approximate surface area is 183 Å². The van der Waals surface area contributed by atoms with Gasteiger partial charge in [-0.3, -0.25) is 4.79 Å². The van der Waals surface area contributed by atoms with Crippen molar-refractivity contribution < 1.29 is 17.9 Å². The summed E-state index contributed by atoms with van der Waals surface area (Å²) >= 11 is 0. The molecular formula is C24H26N2O4S. The van der Waals surface area contributed by atoms with Crippen LogP contribution in [0.2, 0.25) is 0 Å². The third-order valence-corrected chi connectivity index (χ3v) is 6.30. The summed E-state index contributed by atoms with van der Waals surface area (Å²) < 4.78 is 33.2. The summed E-state index contributed by atoms with van der Waals surface area (Å²) in [5.41, 5.74) is 3.09. The molecule has 0 saturated carbocycles. The number of amides is 1. The lowest BCUT2D eigenvalue weighted by Crippen LogP contribution is -2.35. The summed E-state index contributed by atoms with van der Waals surface area (Å²) in [4.78, 5) is 12.6. The molecule has 3 rings (SSSR count). The van der Waals surface area contributed by atoms with Crippen molar-refractivity contribution in [3.8, 4) is 5.75 Å². The second kappa shape index (κ2) is 10.2. The molecule has 0 aliphatic carbocycles. The van der Waals surface area contributed by atoms with Gasteiger partial charge in [0.05, 0.1) is 4.90 Å². The number of ether oxygens (including phenoxy) is 1. The van der Waals surface area contributed by atoms with Gasteiger partial charge >= 0.3 is 0 Å². The van der Waals surface area contributed by atoms with E-state index in [4.69, 9.17) is 4.74 Å². The molecule has 7 heteroatoms. The van der Waals surface area contributed by atoms with E-state index in [9.17, 15) is 13.2 Å². The molecule has 0 atom stereocenters. The molecule has 1 amide bonds. The monoisotopic (exact) mass is 438 g/mol. The van der Waals surface area contributed by atoms with Gasteiger partial charge in [-0.05, 0) is 60.9 Å². The molecule has 0 heterocycles. The summed E-state index contributed by atoms with van der Waals surface area (Å²) in [6.45, 7) is 4.32. The number of carbonyl (C=O) groups is 1. The van der Waals surface area contributed by atoms with E-state index >= 15 is 0 Å². The summed E-state index contributed by atoms with van der Waals surface area (Å²) in [5, 5.41) is 2.72. The van der Waals surface area contributed by atoms with Crippen molar-refractivity contribution in [2.75, 3.05) is 13.1 Å². The minimum absolute atomic E-state index is 0.0969. The van der Waals surface area contributed by atoms with Gasteiger partial charge in [0.25, 0.3) is 5.91 Å². The summed E-state index contributed by atoms with van der Waals surface area (Å²) in [6, 6.07) is 21.9. The standard InChI is InChI=1S/C24H26N2O4S/c1-18-8-9-19(2)23(16-18)31(28,29)26-15-14-25-24(27)21-10-12-22(13-11-21)30-17-20-6-4-3-5-7-20/h3-13,16,26H,14-15,17H2,1-2H3,(H,25,27). The number of sulfonamides is 1. The molecule has 0 spiro atoms. The predicted octanol–water partition coefficient (Wildman–Crippen LogP) is 3.59. The van der Waals surface area contributed by atoms with E-state index in [1.807, 2.05) is 43.3 Å². The molecule has 3 aromatic carbocycles. The van der Waals surface area contributed by atoms with Crippen LogP contribution in [0.5, 0.6) is 5.75 Å². The average Bonchev–Trinajstić information content (AvgIpc) is 2.78. The number of aryl methyl sites for hydroxylation is 2. The number of rotatable bonds is 9. The zero-order valence-corrected chi connectivity index (χ0v) is 18.4. The first-order valence-electron chi connectivity index (χ1n) is 9.97. The Balaban J connectivity index is 1.46. The Hall–Kier alpha value is -3.16. The Morgan fingerprint density at radius 3 is 2.32 bits per heavy atom. The molecule has 2 N–H and O–H groups in total. The zero-order valence-electron chi connectivity index (χ0n) is 17.6. The van der Waals surface area contributed by atoms with Crippen LogP contribution in [-0.2, 0) is 16.6 Å². The molecule has 31 heavy (non-hydrogen) atoms. The van der Waals surface area contributed by atoms with Crippen LogP contribution in [0.1, 0.15) is 27.0 Å². The maximum atomic E-state index is 12.5. The van der Waals surface area contributed by atoms with E-state index in [0.717, 1.165) is 11.1 Å². The van der Waals surface area contributed by atoms with Crippen molar-refractivity contribution in [3.05, 3.63) is 95.1 Å². The van der Waals surface area contributed by atoms with Crippen LogP contribution in [-0.4, -0.2) is 27.4 Å². The fourth-order valence-corrected chi connectivity index (χ4v) is 4.34. The molecule has 162 valence electrons. The number of hydrogen-bond acceptors (Lipinski definition) is 4. The van der Waals surface area contributed by atoms with Gasteiger partial charge < -0.3 is 10.1 Å². The first-order valence-corrected chi connectivity index (χ1v) is 11.5. The van der Waals surface area contributed by atoms with E-state index in [2.05, 4.69) is 10.0 Å². The Kier molecular flexibility index (Phi) is 7.44. The molecule has 0 aliphatic heterocycles. The van der Waals surface area contributed by atoms with Crippen molar-refractivity contribution in [1.82, 2.24) is 10.0 Å². The third-order valence-electron chi connectivity index (χ3n) is 4.70. The lowest BCUT2D eigenvalue weighted by atomic mass is 10.2. The normalized spacial score (nSPS) is 11.2. The summed E-state index contributed by atoms with van der Waals surface area (Å²) in [5.74, 6) is 0.391. The number of nitrogens with one attached hydrogen (secondary N) is 2. The molecule has 0 unspecified atom stereocenters. The predicted molar refractivity (Wildman–Crippen MR) is 121 cm³/mol. The van der Waals surface area contributed by atoms with Crippen molar-refractivity contribution in [2.24, 2.45) is 0 Å². The van der Waals surface area contributed by atoms with Crippen LogP contribution in [0.25, 0.3) is 0 Å². The first kappa shape index (κ1) is 22.5. The van der Waals surface area contributed by atoms with Gasteiger partial charge in [0.15, 0.2) is 0 Å². The highest BCUT2D eigenvalue weighted by molar-refractivity contribution is 7.89. The maximum Gasteiger partial charge on any atom is 0.251 e. The quantitative estimate of drug-likeness (QED) is 0.500. The van der Waals surface area contributed by atoms with Crippen molar-refractivity contribution in [3.63, 3.8) is 0 Å². The van der Waals surface area contributed by atoms with Crippen molar-refractivity contribution >= 4 is 15.9 Å². The number of benzene rings is 3. The van der Waals surface area contributed by atoms with Gasteiger partial charge in [0.1, 0.15) is 12.4 Å². The zero-order chi connectivity index (χ0) is 22.3. The highest BCUT2D eigenvalue weighted by atomic mass is 32.2. The van der Waals surface area contributed by atoms with Gasteiger partial charge in [0, 0.05) is 18.7 Å². The molecule has 0 aromatic heterocycles. The molecule has 0 aliphatic rings. The lowest BCUT2D eigenvalue weighted by Gasteiger charge is -2.11. The van der Waals surface area contributed by atoms with E-state index in [0.29, 0.717) is 23.5 Å². The molecule has 0 fully saturated rings. The fraction of sp³-hybridized carbons (Fsp3) is 0.208. The van der Waals surface area contributed by atoms with Gasteiger partial charge in [-0.1, -0.05) is 42.5 Å². The largest absolute Gasteiger partial charge is 0.489 e. The Morgan fingerprint density at radius 1 is 0.903 bits per heavy atom. The van der Waals surface area contributed by atoms with E-state index in [1.54, 1.807) is 43.3 Å². The van der Waals surface area contributed by atoms with E-state index in [-0.39, 0.29) is 23.9 Å². The van der Waals surface area contributed by atoms with Crippen LogP contribution in [0.4, 0.5) is 0 Å². The second-order valence-electron chi connectivity index (χ2n) is 7.22. The third kappa shape index (κ3) is 6.41. The summed E-state index contributed by atoms with van der Waals surface area (Å²) in [6.07, 6.45) is 0. The van der Waals surface area contributed by atoms with Crippen LogP contribution in [0.15, 0.2) is 77.7 Å².